The smallest absolute Gasteiger partial charge is 0.337 e. The summed E-state index contributed by atoms with van der Waals surface area (Å²) >= 11 is 8.31. The van der Waals surface area contributed by atoms with Gasteiger partial charge < -0.3 is 5.11 Å². The van der Waals surface area contributed by atoms with Gasteiger partial charge in [0.15, 0.2) is 0 Å². The third kappa shape index (κ3) is 1.76. The molecule has 0 unspecified atom stereocenters. The Labute approximate surface area is 81.1 Å². The lowest BCUT2D eigenvalue weighted by atomic mass is 10.2. The van der Waals surface area contributed by atoms with Crippen molar-refractivity contribution in [1.82, 2.24) is 0 Å². The Balaban J connectivity index is 3.33. The first-order chi connectivity index (χ1) is 5.52. The van der Waals surface area contributed by atoms with E-state index in [2.05, 4.69) is 15.9 Å². The normalized spacial score (nSPS) is 9.92. The zero-order valence-corrected chi connectivity index (χ0v) is 7.99. The number of aromatic carboxylic acids is 1. The van der Waals surface area contributed by atoms with Crippen LogP contribution in [0.4, 0.5) is 4.39 Å². The molecule has 0 saturated heterocycles. The van der Waals surface area contributed by atoms with E-state index in [0.717, 1.165) is 12.1 Å². The van der Waals surface area contributed by atoms with Crippen molar-refractivity contribution < 1.29 is 14.3 Å². The largest absolute Gasteiger partial charge is 0.478 e. The van der Waals surface area contributed by atoms with Crippen LogP contribution >= 0.6 is 27.5 Å². The fourth-order valence-corrected chi connectivity index (χ4v) is 1.26. The number of hydrogen-bond donors (Lipinski definition) is 1. The van der Waals surface area contributed by atoms with Crippen molar-refractivity contribution in [2.24, 2.45) is 0 Å². The van der Waals surface area contributed by atoms with E-state index in [0.29, 0.717) is 0 Å². The van der Waals surface area contributed by atoms with Crippen LogP contribution in [0, 0.1) is 5.82 Å². The minimum Gasteiger partial charge on any atom is -0.478 e. The summed E-state index contributed by atoms with van der Waals surface area (Å²) in [6.07, 6.45) is 0. The van der Waals surface area contributed by atoms with Crippen LogP contribution in [0.3, 0.4) is 0 Å². The van der Waals surface area contributed by atoms with Gasteiger partial charge in [-0.2, -0.15) is 0 Å². The van der Waals surface area contributed by atoms with E-state index in [9.17, 15) is 9.18 Å². The Bertz CT molecular complexity index is 340. The van der Waals surface area contributed by atoms with Crippen molar-refractivity contribution in [3.63, 3.8) is 0 Å². The van der Waals surface area contributed by atoms with Gasteiger partial charge in [0, 0.05) is 0 Å². The Morgan fingerprint density at radius 3 is 2.67 bits per heavy atom. The summed E-state index contributed by atoms with van der Waals surface area (Å²) < 4.78 is 12.8. The predicted octanol–water partition coefficient (Wildman–Crippen LogP) is 2.94. The average molecular weight is 253 g/mol. The van der Waals surface area contributed by atoms with Gasteiger partial charge in [-0.05, 0) is 28.1 Å². The molecule has 0 aliphatic rings. The van der Waals surface area contributed by atoms with Crippen molar-refractivity contribution in [2.45, 2.75) is 0 Å². The molecule has 0 aliphatic carbocycles. The second-order valence-electron chi connectivity index (χ2n) is 2.05. The van der Waals surface area contributed by atoms with E-state index in [-0.39, 0.29) is 15.1 Å². The van der Waals surface area contributed by atoms with Crippen molar-refractivity contribution in [3.05, 3.63) is 33.0 Å². The molecule has 0 spiro atoms. The van der Waals surface area contributed by atoms with Crippen LogP contribution in [0.2, 0.25) is 5.02 Å². The molecule has 64 valence electrons. The summed E-state index contributed by atoms with van der Waals surface area (Å²) in [5.41, 5.74) is -0.120. The maximum absolute atomic E-state index is 12.7. The van der Waals surface area contributed by atoms with Crippen LogP contribution in [0.1, 0.15) is 10.4 Å². The minimum atomic E-state index is -1.18. The first-order valence-electron chi connectivity index (χ1n) is 2.90. The Morgan fingerprint density at radius 1 is 1.58 bits per heavy atom. The monoisotopic (exact) mass is 252 g/mol. The topological polar surface area (TPSA) is 37.3 Å². The number of benzene rings is 1. The molecule has 0 fully saturated rings. The SMILES string of the molecule is O=C(O)c1cc(Br)c(F)cc1Cl. The van der Waals surface area contributed by atoms with Crippen LogP contribution in [-0.4, -0.2) is 11.1 Å². The molecule has 1 rings (SSSR count). The molecule has 0 heterocycles. The third-order valence-electron chi connectivity index (χ3n) is 1.24. The summed E-state index contributed by atoms with van der Waals surface area (Å²) in [5, 5.41) is 8.45. The number of carboxylic acid groups (broad SMARTS) is 1. The van der Waals surface area contributed by atoms with Crippen molar-refractivity contribution in [1.29, 1.82) is 0 Å². The van der Waals surface area contributed by atoms with Crippen molar-refractivity contribution in [3.8, 4) is 0 Å². The molecule has 1 N–H and O–H groups in total. The maximum atomic E-state index is 12.7. The fraction of sp³-hybridized carbons (Fsp3) is 0. The van der Waals surface area contributed by atoms with E-state index in [1.165, 1.54) is 0 Å². The van der Waals surface area contributed by atoms with Crippen molar-refractivity contribution >= 4 is 33.5 Å². The van der Waals surface area contributed by atoms with Gasteiger partial charge in [-0.15, -0.1) is 0 Å². The number of carbonyl (C=O) groups is 1. The molecule has 0 atom stereocenters. The van der Waals surface area contributed by atoms with Gasteiger partial charge in [0.05, 0.1) is 15.1 Å². The number of halogens is 3. The minimum absolute atomic E-state index is 0.0873. The molecule has 12 heavy (non-hydrogen) atoms. The highest BCUT2D eigenvalue weighted by Crippen LogP contribution is 2.24. The molecule has 0 bridgehead atoms. The number of rotatable bonds is 1. The Morgan fingerprint density at radius 2 is 2.17 bits per heavy atom. The highest BCUT2D eigenvalue weighted by Gasteiger charge is 2.11. The third-order valence-corrected chi connectivity index (χ3v) is 2.16. The molecule has 1 aromatic rings. The van der Waals surface area contributed by atoms with E-state index in [1.54, 1.807) is 0 Å². The first kappa shape index (κ1) is 9.48. The summed E-state index contributed by atoms with van der Waals surface area (Å²) in [5.74, 6) is -1.76. The first-order valence-corrected chi connectivity index (χ1v) is 4.07. The van der Waals surface area contributed by atoms with E-state index < -0.39 is 11.8 Å². The van der Waals surface area contributed by atoms with Gasteiger partial charge in [0.1, 0.15) is 5.82 Å². The number of carboxylic acids is 1. The molecule has 0 aliphatic heterocycles. The lowest BCUT2D eigenvalue weighted by Gasteiger charge is -1.99. The van der Waals surface area contributed by atoms with Crippen LogP contribution in [0.15, 0.2) is 16.6 Å². The highest BCUT2D eigenvalue weighted by atomic mass is 79.9. The van der Waals surface area contributed by atoms with Crippen LogP contribution in [-0.2, 0) is 0 Å². The summed E-state index contributed by atoms with van der Waals surface area (Å²) in [6, 6.07) is 2.08. The zero-order valence-electron chi connectivity index (χ0n) is 5.64. The maximum Gasteiger partial charge on any atom is 0.337 e. The van der Waals surface area contributed by atoms with Gasteiger partial charge in [-0.1, -0.05) is 11.6 Å². The molecule has 0 radical (unpaired) electrons. The zero-order chi connectivity index (χ0) is 9.30. The van der Waals surface area contributed by atoms with Gasteiger partial charge in [-0.3, -0.25) is 0 Å². The standard InChI is InChI=1S/C7H3BrClFO2/c8-4-1-3(7(11)12)5(9)2-6(4)10/h1-2H,(H,11,12). The van der Waals surface area contributed by atoms with Gasteiger partial charge in [-0.25, -0.2) is 9.18 Å². The van der Waals surface area contributed by atoms with Crippen LogP contribution in [0.25, 0.3) is 0 Å². The molecule has 1 aromatic carbocycles. The van der Waals surface area contributed by atoms with Gasteiger partial charge in [0.2, 0.25) is 0 Å². The molecule has 0 amide bonds. The molecular weight excluding hydrogens is 250 g/mol. The highest BCUT2D eigenvalue weighted by molar-refractivity contribution is 9.10. The second kappa shape index (κ2) is 3.41. The van der Waals surface area contributed by atoms with Crippen LogP contribution < -0.4 is 0 Å². The molecule has 5 heteroatoms. The lowest BCUT2D eigenvalue weighted by molar-refractivity contribution is 0.0697. The summed E-state index contributed by atoms with van der Waals surface area (Å²) in [6.45, 7) is 0. The fourth-order valence-electron chi connectivity index (χ4n) is 0.686. The van der Waals surface area contributed by atoms with Gasteiger partial charge in [0.25, 0.3) is 0 Å². The quantitative estimate of drug-likeness (QED) is 0.781. The lowest BCUT2D eigenvalue weighted by Crippen LogP contribution is -1.98. The summed E-state index contributed by atoms with van der Waals surface area (Å²) in [4.78, 5) is 10.5. The average Bonchev–Trinajstić information content (AvgIpc) is 1.96. The van der Waals surface area contributed by atoms with Crippen LogP contribution in [0.5, 0.6) is 0 Å². The molecular formula is C7H3BrClFO2. The Kier molecular flexibility index (Phi) is 2.69. The number of hydrogen-bond acceptors (Lipinski definition) is 1. The molecule has 0 aromatic heterocycles. The Hall–Kier alpha value is -0.610. The molecule has 0 saturated carbocycles. The van der Waals surface area contributed by atoms with Crippen molar-refractivity contribution in [2.75, 3.05) is 0 Å². The van der Waals surface area contributed by atoms with E-state index in [1.807, 2.05) is 0 Å². The predicted molar refractivity (Wildman–Crippen MR) is 46.1 cm³/mol. The van der Waals surface area contributed by atoms with E-state index >= 15 is 0 Å². The second-order valence-corrected chi connectivity index (χ2v) is 3.31. The van der Waals surface area contributed by atoms with E-state index in [4.69, 9.17) is 16.7 Å². The summed E-state index contributed by atoms with van der Waals surface area (Å²) in [7, 11) is 0. The molecule has 2 nitrogen and oxygen atoms in total. The van der Waals surface area contributed by atoms with Gasteiger partial charge >= 0.3 is 5.97 Å².